The van der Waals surface area contributed by atoms with Crippen LogP contribution < -0.4 is 4.74 Å². The first-order chi connectivity index (χ1) is 12.7. The summed E-state index contributed by atoms with van der Waals surface area (Å²) in [5, 5.41) is 3.47. The fourth-order valence-corrected chi connectivity index (χ4v) is 3.24. The van der Waals surface area contributed by atoms with Crippen molar-refractivity contribution in [3.05, 3.63) is 78.0 Å². The molecular weight excluding hydrogens is 326 g/mol. The van der Waals surface area contributed by atoms with Gasteiger partial charge in [-0.15, -0.1) is 0 Å². The molecule has 4 rings (SSSR count). The number of hydrogen-bond acceptors (Lipinski definition) is 3. The zero-order valence-corrected chi connectivity index (χ0v) is 14.5. The molecule has 4 aromatic rings. The molecule has 3 aromatic carbocycles. The van der Waals surface area contributed by atoms with Crippen LogP contribution in [0.15, 0.2) is 66.9 Å². The lowest BCUT2D eigenvalue weighted by molar-refractivity contribution is -0.142. The first kappa shape index (κ1) is 16.2. The average Bonchev–Trinajstić information content (AvgIpc) is 3.09. The average molecular weight is 345 g/mol. The van der Waals surface area contributed by atoms with Crippen molar-refractivity contribution in [2.24, 2.45) is 0 Å². The molecule has 26 heavy (non-hydrogen) atoms. The number of hydrogen-bond donors (Lipinski definition) is 1. The second-order valence-corrected chi connectivity index (χ2v) is 6.22. The second kappa shape index (κ2) is 6.92. The first-order valence-electron chi connectivity index (χ1n) is 8.51. The predicted octanol–water partition coefficient (Wildman–Crippen LogP) is 4.46. The zero-order valence-electron chi connectivity index (χ0n) is 14.5. The Hall–Kier alpha value is -3.27. The predicted molar refractivity (Wildman–Crippen MR) is 103 cm³/mol. The van der Waals surface area contributed by atoms with Crippen LogP contribution in [0.1, 0.15) is 11.1 Å². The standard InChI is InChI=1S/C22H19NO3/c1-25-21(24)14-26-20-8-4-7-19-22(20)18(13-23-19)12-15-9-10-16-5-2-3-6-17(16)11-15/h2-11,13,23H,12,14H2,1H3. The van der Waals surface area contributed by atoms with Crippen molar-refractivity contribution < 1.29 is 14.3 Å². The van der Waals surface area contributed by atoms with Gasteiger partial charge in [0.2, 0.25) is 0 Å². The summed E-state index contributed by atoms with van der Waals surface area (Å²) < 4.78 is 10.3. The first-order valence-corrected chi connectivity index (χ1v) is 8.51. The second-order valence-electron chi connectivity index (χ2n) is 6.22. The van der Waals surface area contributed by atoms with Gasteiger partial charge in [-0.3, -0.25) is 0 Å². The number of benzene rings is 3. The van der Waals surface area contributed by atoms with Crippen molar-refractivity contribution >= 4 is 27.6 Å². The Morgan fingerprint density at radius 2 is 1.85 bits per heavy atom. The van der Waals surface area contributed by atoms with Crippen LogP contribution in [0.4, 0.5) is 0 Å². The van der Waals surface area contributed by atoms with Crippen LogP contribution in [0.5, 0.6) is 5.75 Å². The van der Waals surface area contributed by atoms with Crippen LogP contribution in [0.3, 0.4) is 0 Å². The van der Waals surface area contributed by atoms with E-state index in [2.05, 4.69) is 46.1 Å². The molecule has 0 unspecified atom stereocenters. The molecule has 0 fully saturated rings. The quantitative estimate of drug-likeness (QED) is 0.543. The number of rotatable bonds is 5. The minimum atomic E-state index is -0.395. The molecule has 4 nitrogen and oxygen atoms in total. The number of esters is 1. The van der Waals surface area contributed by atoms with Gasteiger partial charge in [0, 0.05) is 17.1 Å². The summed E-state index contributed by atoms with van der Waals surface area (Å²) in [6.45, 7) is -0.101. The van der Waals surface area contributed by atoms with Crippen molar-refractivity contribution in [3.8, 4) is 5.75 Å². The molecule has 0 saturated carbocycles. The van der Waals surface area contributed by atoms with E-state index in [0.29, 0.717) is 5.75 Å². The minimum absolute atomic E-state index is 0.101. The number of nitrogens with one attached hydrogen (secondary N) is 1. The van der Waals surface area contributed by atoms with Crippen molar-refractivity contribution in [3.63, 3.8) is 0 Å². The normalized spacial score (nSPS) is 11.0. The number of methoxy groups -OCH3 is 1. The van der Waals surface area contributed by atoms with Gasteiger partial charge >= 0.3 is 5.97 Å². The number of ether oxygens (including phenoxy) is 2. The Morgan fingerprint density at radius 1 is 1.00 bits per heavy atom. The van der Waals surface area contributed by atoms with E-state index in [4.69, 9.17) is 4.74 Å². The third-order valence-corrected chi connectivity index (χ3v) is 4.53. The number of carbonyl (C=O) groups is 1. The molecule has 0 atom stereocenters. The fraction of sp³-hybridized carbons (Fsp3) is 0.136. The Labute approximate surface area is 151 Å². The molecule has 130 valence electrons. The zero-order chi connectivity index (χ0) is 17.9. The molecule has 0 saturated heterocycles. The van der Waals surface area contributed by atoms with E-state index in [1.165, 1.54) is 23.4 Å². The fourth-order valence-electron chi connectivity index (χ4n) is 3.24. The number of carbonyl (C=O) groups excluding carboxylic acids is 1. The SMILES string of the molecule is COC(=O)COc1cccc2[nH]cc(Cc3ccc4ccccc4c3)c12. The van der Waals surface area contributed by atoms with Gasteiger partial charge in [0.25, 0.3) is 0 Å². The number of aromatic amines is 1. The van der Waals surface area contributed by atoms with Gasteiger partial charge in [0.15, 0.2) is 6.61 Å². The van der Waals surface area contributed by atoms with E-state index < -0.39 is 5.97 Å². The smallest absolute Gasteiger partial charge is 0.343 e. The molecule has 0 spiro atoms. The maximum atomic E-state index is 11.4. The molecule has 0 bridgehead atoms. The van der Waals surface area contributed by atoms with Gasteiger partial charge < -0.3 is 14.5 Å². The number of H-pyrrole nitrogens is 1. The van der Waals surface area contributed by atoms with Gasteiger partial charge in [-0.2, -0.15) is 0 Å². The van der Waals surface area contributed by atoms with Crippen molar-refractivity contribution in [1.29, 1.82) is 0 Å². The Morgan fingerprint density at radius 3 is 2.69 bits per heavy atom. The van der Waals surface area contributed by atoms with Crippen LogP contribution in [-0.4, -0.2) is 24.7 Å². The summed E-state index contributed by atoms with van der Waals surface area (Å²) in [6, 6.07) is 20.6. The maximum absolute atomic E-state index is 11.4. The van der Waals surface area contributed by atoms with E-state index in [1.807, 2.05) is 30.5 Å². The van der Waals surface area contributed by atoms with Gasteiger partial charge in [-0.25, -0.2) is 4.79 Å². The monoisotopic (exact) mass is 345 g/mol. The van der Waals surface area contributed by atoms with Crippen molar-refractivity contribution in [1.82, 2.24) is 4.98 Å². The molecule has 0 aliphatic heterocycles. The van der Waals surface area contributed by atoms with E-state index in [-0.39, 0.29) is 6.61 Å². The van der Waals surface area contributed by atoms with E-state index in [0.717, 1.165) is 22.9 Å². The lowest BCUT2D eigenvalue weighted by atomic mass is 10.0. The largest absolute Gasteiger partial charge is 0.481 e. The van der Waals surface area contributed by atoms with E-state index in [1.54, 1.807) is 0 Å². The lowest BCUT2D eigenvalue weighted by Gasteiger charge is -2.09. The van der Waals surface area contributed by atoms with Crippen molar-refractivity contribution in [2.75, 3.05) is 13.7 Å². The highest BCUT2D eigenvalue weighted by Gasteiger charge is 2.12. The molecule has 0 radical (unpaired) electrons. The lowest BCUT2D eigenvalue weighted by Crippen LogP contribution is -2.12. The van der Waals surface area contributed by atoms with Crippen LogP contribution in [0, 0.1) is 0 Å². The summed E-state index contributed by atoms with van der Waals surface area (Å²) in [5.74, 6) is 0.290. The Balaban J connectivity index is 1.68. The highest BCUT2D eigenvalue weighted by Crippen LogP contribution is 2.31. The van der Waals surface area contributed by atoms with Crippen LogP contribution in [0.2, 0.25) is 0 Å². The van der Waals surface area contributed by atoms with Gasteiger partial charge in [0.05, 0.1) is 7.11 Å². The van der Waals surface area contributed by atoms with Crippen LogP contribution in [-0.2, 0) is 16.0 Å². The minimum Gasteiger partial charge on any atom is -0.481 e. The van der Waals surface area contributed by atoms with Crippen molar-refractivity contribution in [2.45, 2.75) is 6.42 Å². The molecule has 0 aliphatic rings. The maximum Gasteiger partial charge on any atom is 0.343 e. The molecule has 0 aliphatic carbocycles. The Bertz CT molecular complexity index is 1080. The molecule has 4 heteroatoms. The van der Waals surface area contributed by atoms with Crippen LogP contribution in [0.25, 0.3) is 21.7 Å². The van der Waals surface area contributed by atoms with E-state index in [9.17, 15) is 4.79 Å². The van der Waals surface area contributed by atoms with Gasteiger partial charge in [-0.05, 0) is 40.5 Å². The molecular formula is C22H19NO3. The number of fused-ring (bicyclic) bond motifs is 2. The van der Waals surface area contributed by atoms with Crippen LogP contribution >= 0.6 is 0 Å². The molecule has 0 amide bonds. The third-order valence-electron chi connectivity index (χ3n) is 4.53. The summed E-state index contributed by atoms with van der Waals surface area (Å²) in [4.78, 5) is 14.7. The molecule has 1 heterocycles. The highest BCUT2D eigenvalue weighted by molar-refractivity contribution is 5.90. The topological polar surface area (TPSA) is 51.3 Å². The number of aromatic nitrogens is 1. The molecule has 1 aromatic heterocycles. The van der Waals surface area contributed by atoms with Gasteiger partial charge in [-0.1, -0.05) is 48.5 Å². The van der Waals surface area contributed by atoms with Gasteiger partial charge in [0.1, 0.15) is 5.75 Å². The summed E-state index contributed by atoms with van der Waals surface area (Å²) >= 11 is 0. The molecule has 1 N–H and O–H groups in total. The third kappa shape index (κ3) is 3.14. The summed E-state index contributed by atoms with van der Waals surface area (Å²) in [6.07, 6.45) is 2.79. The Kier molecular flexibility index (Phi) is 4.32. The highest BCUT2D eigenvalue weighted by atomic mass is 16.6. The van der Waals surface area contributed by atoms with E-state index >= 15 is 0 Å². The summed E-state index contributed by atoms with van der Waals surface area (Å²) in [5.41, 5.74) is 3.35. The summed E-state index contributed by atoms with van der Waals surface area (Å²) in [7, 11) is 1.35.